The minimum atomic E-state index is 0.602. The zero-order valence-corrected chi connectivity index (χ0v) is 30.9. The molecule has 0 saturated carbocycles. The lowest BCUT2D eigenvalue weighted by atomic mass is 9.97. The summed E-state index contributed by atoms with van der Waals surface area (Å²) in [7, 11) is 0. The van der Waals surface area contributed by atoms with Crippen LogP contribution in [0.15, 0.2) is 170 Å². The number of para-hydroxylation sites is 3. The number of benzene rings is 8. The number of rotatable bonds is 5. The Balaban J connectivity index is 1.36. The molecular weight excluding hydrogens is 695 g/mol. The molecule has 2 heterocycles. The van der Waals surface area contributed by atoms with Gasteiger partial charge in [-0.25, -0.2) is 4.85 Å². The van der Waals surface area contributed by atoms with Gasteiger partial charge in [0.1, 0.15) is 0 Å². The van der Waals surface area contributed by atoms with Crippen LogP contribution in [-0.2, 0) is 0 Å². The van der Waals surface area contributed by atoms with Crippen LogP contribution in [0, 0.1) is 36.2 Å². The van der Waals surface area contributed by atoms with Gasteiger partial charge in [0.05, 0.1) is 63.3 Å². The molecule has 0 atom stereocenters. The van der Waals surface area contributed by atoms with Crippen LogP contribution in [0.3, 0.4) is 0 Å². The average molecular weight is 726 g/mol. The fraction of sp³-hybridized carbons (Fsp3) is 0.0192. The molecule has 10 aromatic rings. The highest BCUT2D eigenvalue weighted by Gasteiger charge is 2.22. The maximum absolute atomic E-state index is 10.1. The average Bonchev–Trinajstić information content (AvgIpc) is 3.78. The van der Waals surface area contributed by atoms with Crippen molar-refractivity contribution in [3.05, 3.63) is 198 Å². The lowest BCUT2D eigenvalue weighted by Gasteiger charge is -2.20. The summed E-state index contributed by atoms with van der Waals surface area (Å²) in [6.45, 7) is 10.1. The maximum atomic E-state index is 10.1. The quantitative estimate of drug-likeness (QED) is 0.166. The van der Waals surface area contributed by atoms with Crippen LogP contribution in [0.5, 0.6) is 0 Å². The third-order valence-corrected chi connectivity index (χ3v) is 11.1. The summed E-state index contributed by atoms with van der Waals surface area (Å²) in [6, 6.07) is 62.6. The zero-order valence-electron chi connectivity index (χ0n) is 30.9. The molecule has 0 unspecified atom stereocenters. The number of nitriles is 2. The van der Waals surface area contributed by atoms with E-state index in [0.29, 0.717) is 16.8 Å². The monoisotopic (exact) mass is 725 g/mol. The Morgan fingerprint density at radius 1 is 0.456 bits per heavy atom. The number of aromatic nitrogens is 2. The van der Waals surface area contributed by atoms with E-state index in [-0.39, 0.29) is 0 Å². The summed E-state index contributed by atoms with van der Waals surface area (Å²) in [6.07, 6.45) is 0. The molecule has 0 fully saturated rings. The lowest BCUT2D eigenvalue weighted by molar-refractivity contribution is 1.09. The molecule has 8 aromatic carbocycles. The topological polar surface area (TPSA) is 61.8 Å². The van der Waals surface area contributed by atoms with E-state index < -0.39 is 0 Å². The van der Waals surface area contributed by atoms with Gasteiger partial charge in [-0.3, -0.25) is 0 Å². The van der Waals surface area contributed by atoms with Crippen molar-refractivity contribution in [1.29, 1.82) is 10.5 Å². The molecule has 5 nitrogen and oxygen atoms in total. The Bertz CT molecular complexity index is 3410. The van der Waals surface area contributed by atoms with Crippen LogP contribution >= 0.6 is 0 Å². The largest absolute Gasteiger partial charge is 0.307 e. The highest BCUT2D eigenvalue weighted by molar-refractivity contribution is 6.13. The summed E-state index contributed by atoms with van der Waals surface area (Å²) >= 11 is 0. The normalized spacial score (nSPS) is 11.2. The summed E-state index contributed by atoms with van der Waals surface area (Å²) < 4.78 is 4.72. The van der Waals surface area contributed by atoms with E-state index in [4.69, 9.17) is 6.57 Å². The number of aryl methyl sites for hydroxylation is 1. The fourth-order valence-corrected chi connectivity index (χ4v) is 8.55. The number of nitrogens with zero attached hydrogens (tertiary/aromatic N) is 5. The molecule has 0 aliphatic heterocycles. The molecular formula is C52H31N5. The van der Waals surface area contributed by atoms with Crippen molar-refractivity contribution < 1.29 is 0 Å². The summed E-state index contributed by atoms with van der Waals surface area (Å²) in [5.41, 5.74) is 14.7. The van der Waals surface area contributed by atoms with E-state index in [9.17, 15) is 10.5 Å². The smallest absolute Gasteiger partial charge is 0.194 e. The van der Waals surface area contributed by atoms with Gasteiger partial charge in [-0.15, -0.1) is 0 Å². The van der Waals surface area contributed by atoms with E-state index in [0.717, 1.165) is 93.9 Å². The molecule has 10 rings (SSSR count). The van der Waals surface area contributed by atoms with Gasteiger partial charge in [-0.2, -0.15) is 10.5 Å². The highest BCUT2D eigenvalue weighted by atomic mass is 15.1. The zero-order chi connectivity index (χ0) is 38.6. The Morgan fingerprint density at radius 3 is 1.65 bits per heavy atom. The molecule has 0 saturated heterocycles. The molecule has 5 heteroatoms. The minimum Gasteiger partial charge on any atom is -0.307 e. The van der Waals surface area contributed by atoms with Gasteiger partial charge >= 0.3 is 0 Å². The van der Waals surface area contributed by atoms with Crippen molar-refractivity contribution >= 4 is 49.3 Å². The van der Waals surface area contributed by atoms with Crippen molar-refractivity contribution in [3.8, 4) is 56.9 Å². The van der Waals surface area contributed by atoms with Gasteiger partial charge < -0.3 is 9.13 Å². The Labute approximate surface area is 329 Å². The standard InChI is InChI=1S/C52H31N5/c1-33-26-51(56-47-20-9-6-17-41(47)43-24-22-36(28-49(43)56)39-15-4-3-13-38(39)32-54)52(30-45(33)35-14-11-12-34(27-35)31-53)57-48-21-10-7-18-42(48)44-25-23-37(29-50(44)57)40-16-5-8-19-46(40)55-2/h3-30H,1H3. The molecule has 2 aromatic heterocycles. The van der Waals surface area contributed by atoms with Gasteiger partial charge in [-0.05, 0) is 100 Å². The van der Waals surface area contributed by atoms with E-state index in [1.54, 1.807) is 0 Å². The van der Waals surface area contributed by atoms with Crippen molar-refractivity contribution in [3.63, 3.8) is 0 Å². The predicted octanol–water partition coefficient (Wildman–Crippen LogP) is 13.5. The molecule has 0 bridgehead atoms. The summed E-state index contributed by atoms with van der Waals surface area (Å²) in [5, 5.41) is 24.4. The number of fused-ring (bicyclic) bond motifs is 6. The van der Waals surface area contributed by atoms with Gasteiger partial charge in [0.15, 0.2) is 5.69 Å². The molecule has 57 heavy (non-hydrogen) atoms. The molecule has 0 aliphatic rings. The second-order valence-corrected chi connectivity index (χ2v) is 14.3. The number of hydrogen-bond acceptors (Lipinski definition) is 2. The Hall–Kier alpha value is -8.17. The second-order valence-electron chi connectivity index (χ2n) is 14.3. The minimum absolute atomic E-state index is 0.602. The van der Waals surface area contributed by atoms with Gasteiger partial charge in [0.25, 0.3) is 0 Å². The van der Waals surface area contributed by atoms with E-state index in [1.807, 2.05) is 66.7 Å². The Morgan fingerprint density at radius 2 is 1.00 bits per heavy atom. The fourth-order valence-electron chi connectivity index (χ4n) is 8.55. The SMILES string of the molecule is [C-]#[N+]c1ccccc1-c1ccc2c3ccccc3n(-c3cc(-c4cccc(C#N)c4)c(C)cc3-n3c4ccccc4c4ccc(-c5ccccc5C#N)cc43)c2c1. The molecule has 0 radical (unpaired) electrons. The predicted molar refractivity (Wildman–Crippen MR) is 232 cm³/mol. The first-order chi connectivity index (χ1) is 28.1. The first-order valence-corrected chi connectivity index (χ1v) is 18.7. The van der Waals surface area contributed by atoms with Gasteiger partial charge in [0, 0.05) is 21.5 Å². The maximum Gasteiger partial charge on any atom is 0.194 e. The summed E-state index contributed by atoms with van der Waals surface area (Å²) in [5.74, 6) is 0. The third kappa shape index (κ3) is 5.29. The molecule has 264 valence electrons. The third-order valence-electron chi connectivity index (χ3n) is 11.1. The molecule has 0 amide bonds. The summed E-state index contributed by atoms with van der Waals surface area (Å²) in [4.78, 5) is 3.86. The van der Waals surface area contributed by atoms with Crippen LogP contribution in [0.2, 0.25) is 0 Å². The van der Waals surface area contributed by atoms with Gasteiger partial charge in [0.2, 0.25) is 0 Å². The van der Waals surface area contributed by atoms with E-state index >= 15 is 0 Å². The van der Waals surface area contributed by atoms with Crippen molar-refractivity contribution in [2.75, 3.05) is 0 Å². The van der Waals surface area contributed by atoms with E-state index in [2.05, 4.69) is 136 Å². The lowest BCUT2D eigenvalue weighted by Crippen LogP contribution is -2.05. The molecule has 0 N–H and O–H groups in total. The van der Waals surface area contributed by atoms with Crippen LogP contribution in [0.25, 0.3) is 93.2 Å². The Kier molecular flexibility index (Phi) is 7.79. The first-order valence-electron chi connectivity index (χ1n) is 18.7. The van der Waals surface area contributed by atoms with Crippen LogP contribution < -0.4 is 0 Å². The van der Waals surface area contributed by atoms with Crippen molar-refractivity contribution in [2.24, 2.45) is 0 Å². The van der Waals surface area contributed by atoms with Crippen molar-refractivity contribution in [2.45, 2.75) is 6.92 Å². The van der Waals surface area contributed by atoms with Crippen LogP contribution in [-0.4, -0.2) is 9.13 Å². The molecule has 0 aliphatic carbocycles. The highest BCUT2D eigenvalue weighted by Crippen LogP contribution is 2.43. The van der Waals surface area contributed by atoms with E-state index in [1.165, 1.54) is 0 Å². The molecule has 0 spiro atoms. The second kappa shape index (κ2) is 13.3. The van der Waals surface area contributed by atoms with Crippen LogP contribution in [0.4, 0.5) is 5.69 Å². The first kappa shape index (κ1) is 33.4. The van der Waals surface area contributed by atoms with Crippen molar-refractivity contribution in [1.82, 2.24) is 9.13 Å². The van der Waals surface area contributed by atoms with Crippen LogP contribution in [0.1, 0.15) is 16.7 Å². The van der Waals surface area contributed by atoms with Gasteiger partial charge in [-0.1, -0.05) is 115 Å². The number of hydrogen-bond donors (Lipinski definition) is 0.